The minimum Gasteiger partial charge on any atom is -0.332 e. The Bertz CT molecular complexity index is 1480. The minimum atomic E-state index is -4.44. The Balaban J connectivity index is 1.75. The lowest BCUT2D eigenvalue weighted by Crippen LogP contribution is -2.38. The molecule has 198 valence electrons. The van der Waals surface area contributed by atoms with Crippen LogP contribution < -0.4 is 5.56 Å². The number of hydrogen-bond donors (Lipinski definition) is 0. The van der Waals surface area contributed by atoms with Gasteiger partial charge in [-0.25, -0.2) is 4.98 Å². The highest BCUT2D eigenvalue weighted by Gasteiger charge is 2.30. The van der Waals surface area contributed by atoms with Gasteiger partial charge in [-0.05, 0) is 67.3 Å². The Morgan fingerprint density at radius 2 is 1.58 bits per heavy atom. The number of aryl methyl sites for hydroxylation is 1. The number of halogens is 3. The summed E-state index contributed by atoms with van der Waals surface area (Å²) in [6, 6.07) is 18.8. The molecule has 0 bridgehead atoms. The first-order valence-electron chi connectivity index (χ1n) is 12.7. The zero-order valence-corrected chi connectivity index (χ0v) is 21.6. The van der Waals surface area contributed by atoms with Gasteiger partial charge in [0.1, 0.15) is 5.82 Å². The van der Waals surface area contributed by atoms with Crippen molar-refractivity contribution in [3.05, 3.63) is 106 Å². The molecule has 5 nitrogen and oxygen atoms in total. The van der Waals surface area contributed by atoms with E-state index in [4.69, 9.17) is 4.98 Å². The Labute approximate surface area is 219 Å². The molecule has 4 aromatic rings. The van der Waals surface area contributed by atoms with E-state index in [0.29, 0.717) is 40.9 Å². The van der Waals surface area contributed by atoms with Crippen LogP contribution >= 0.6 is 0 Å². The van der Waals surface area contributed by atoms with Crippen LogP contribution in [0.3, 0.4) is 0 Å². The Hall–Kier alpha value is -3.94. The Morgan fingerprint density at radius 1 is 0.947 bits per heavy atom. The average Bonchev–Trinajstić information content (AvgIpc) is 2.91. The van der Waals surface area contributed by atoms with E-state index in [0.717, 1.165) is 24.1 Å². The zero-order valence-electron chi connectivity index (χ0n) is 21.6. The number of fused-ring (bicyclic) bond motifs is 1. The van der Waals surface area contributed by atoms with Crippen molar-refractivity contribution in [2.75, 3.05) is 6.54 Å². The molecule has 0 saturated carbocycles. The van der Waals surface area contributed by atoms with Crippen LogP contribution in [0, 0.1) is 0 Å². The number of para-hydroxylation sites is 1. The molecule has 38 heavy (non-hydrogen) atoms. The van der Waals surface area contributed by atoms with E-state index >= 15 is 0 Å². The van der Waals surface area contributed by atoms with Crippen molar-refractivity contribution in [2.45, 2.75) is 52.3 Å². The second kappa shape index (κ2) is 11.2. The number of amides is 1. The van der Waals surface area contributed by atoms with Crippen LogP contribution in [0.1, 0.15) is 55.7 Å². The van der Waals surface area contributed by atoms with Crippen LogP contribution in [0.15, 0.2) is 77.6 Å². The van der Waals surface area contributed by atoms with E-state index in [-0.39, 0.29) is 17.9 Å². The summed E-state index contributed by atoms with van der Waals surface area (Å²) >= 11 is 0. The largest absolute Gasteiger partial charge is 0.416 e. The van der Waals surface area contributed by atoms with Gasteiger partial charge in [-0.1, -0.05) is 50.2 Å². The zero-order chi connectivity index (χ0) is 27.4. The number of carbonyl (C=O) groups excluding carboxylic acids is 1. The highest BCUT2D eigenvalue weighted by atomic mass is 19.4. The molecule has 1 heterocycles. The summed E-state index contributed by atoms with van der Waals surface area (Å²) in [4.78, 5) is 33.6. The first kappa shape index (κ1) is 27.1. The fourth-order valence-corrected chi connectivity index (χ4v) is 4.56. The van der Waals surface area contributed by atoms with Crippen molar-refractivity contribution in [1.29, 1.82) is 0 Å². The summed E-state index contributed by atoms with van der Waals surface area (Å²) in [7, 11) is 0. The molecule has 0 aliphatic rings. The van der Waals surface area contributed by atoms with E-state index in [9.17, 15) is 22.8 Å². The lowest BCUT2D eigenvalue weighted by molar-refractivity contribution is -0.137. The van der Waals surface area contributed by atoms with Gasteiger partial charge in [-0.3, -0.25) is 14.2 Å². The number of hydrogen-bond acceptors (Lipinski definition) is 3. The van der Waals surface area contributed by atoms with Gasteiger partial charge in [0.15, 0.2) is 0 Å². The predicted molar refractivity (Wildman–Crippen MR) is 142 cm³/mol. The third kappa shape index (κ3) is 5.64. The lowest BCUT2D eigenvalue weighted by atomic mass is 10.1. The maximum absolute atomic E-state index is 13.7. The van der Waals surface area contributed by atoms with Gasteiger partial charge in [0, 0.05) is 6.54 Å². The fraction of sp³-hybridized carbons (Fsp3) is 0.300. The van der Waals surface area contributed by atoms with Crippen molar-refractivity contribution in [2.24, 2.45) is 0 Å². The fourth-order valence-electron chi connectivity index (χ4n) is 4.56. The van der Waals surface area contributed by atoms with Crippen molar-refractivity contribution in [3.8, 4) is 5.69 Å². The number of benzene rings is 3. The van der Waals surface area contributed by atoms with Crippen LogP contribution in [0.4, 0.5) is 13.2 Å². The number of alkyl halides is 3. The van der Waals surface area contributed by atoms with Crippen molar-refractivity contribution in [1.82, 2.24) is 14.5 Å². The molecule has 8 heteroatoms. The van der Waals surface area contributed by atoms with Crippen LogP contribution in [0.5, 0.6) is 0 Å². The predicted octanol–water partition coefficient (Wildman–Crippen LogP) is 6.51. The van der Waals surface area contributed by atoms with Gasteiger partial charge in [-0.15, -0.1) is 0 Å². The Morgan fingerprint density at radius 3 is 2.18 bits per heavy atom. The highest BCUT2D eigenvalue weighted by molar-refractivity contribution is 5.80. The molecule has 1 amide bonds. The SMILES string of the molecule is CCCN(C(=O)Cc1ccc(C(F)(F)F)cc1)C(C)c1nc2ccccc2c(=O)n1-c1ccc(CC)cc1. The van der Waals surface area contributed by atoms with Gasteiger partial charge < -0.3 is 4.90 Å². The van der Waals surface area contributed by atoms with Crippen LogP contribution in [0.2, 0.25) is 0 Å². The highest BCUT2D eigenvalue weighted by Crippen LogP contribution is 2.29. The van der Waals surface area contributed by atoms with E-state index < -0.39 is 17.8 Å². The summed E-state index contributed by atoms with van der Waals surface area (Å²) in [5.41, 5.74) is 1.81. The molecule has 0 N–H and O–H groups in total. The first-order chi connectivity index (χ1) is 18.1. The number of aromatic nitrogens is 2. The monoisotopic (exact) mass is 521 g/mol. The van der Waals surface area contributed by atoms with Gasteiger partial charge >= 0.3 is 6.18 Å². The molecule has 3 aromatic carbocycles. The van der Waals surface area contributed by atoms with Crippen molar-refractivity contribution < 1.29 is 18.0 Å². The maximum atomic E-state index is 13.7. The van der Waals surface area contributed by atoms with Gasteiger partial charge in [0.2, 0.25) is 5.91 Å². The van der Waals surface area contributed by atoms with Gasteiger partial charge in [0.25, 0.3) is 5.56 Å². The second-order valence-corrected chi connectivity index (χ2v) is 9.28. The van der Waals surface area contributed by atoms with Crippen molar-refractivity contribution in [3.63, 3.8) is 0 Å². The summed E-state index contributed by atoms with van der Waals surface area (Å²) in [5, 5.41) is 0.473. The standard InChI is InChI=1S/C30H30F3N3O2/c1-4-18-35(27(37)19-22-10-14-23(15-11-22)30(31,32)33)20(3)28-34-26-9-7-6-8-25(26)29(38)36(28)24-16-12-21(5-2)13-17-24/h6-17,20H,4-5,18-19H2,1-3H3. The molecule has 0 fully saturated rings. The molecule has 0 aliphatic heterocycles. The smallest absolute Gasteiger partial charge is 0.332 e. The third-order valence-electron chi connectivity index (χ3n) is 6.67. The summed E-state index contributed by atoms with van der Waals surface area (Å²) in [5.74, 6) is 0.168. The molecule has 0 spiro atoms. The molecule has 1 unspecified atom stereocenters. The van der Waals surface area contributed by atoms with Crippen LogP contribution in [-0.2, 0) is 23.8 Å². The van der Waals surface area contributed by atoms with E-state index in [1.54, 1.807) is 27.7 Å². The molecular weight excluding hydrogens is 491 g/mol. The van der Waals surface area contributed by atoms with Gasteiger partial charge in [-0.2, -0.15) is 13.2 Å². The van der Waals surface area contributed by atoms with Crippen LogP contribution in [-0.4, -0.2) is 26.9 Å². The average molecular weight is 522 g/mol. The Kier molecular flexibility index (Phi) is 7.99. The molecular formula is C30H30F3N3O2. The number of rotatable bonds is 8. The molecule has 4 rings (SSSR count). The van der Waals surface area contributed by atoms with Gasteiger partial charge in [0.05, 0.1) is 34.6 Å². The second-order valence-electron chi connectivity index (χ2n) is 9.28. The van der Waals surface area contributed by atoms with Crippen LogP contribution in [0.25, 0.3) is 16.6 Å². The number of nitrogens with zero attached hydrogens (tertiary/aromatic N) is 3. The quantitative estimate of drug-likeness (QED) is 0.266. The number of carbonyl (C=O) groups is 1. The summed E-state index contributed by atoms with van der Waals surface area (Å²) < 4.78 is 40.4. The maximum Gasteiger partial charge on any atom is 0.416 e. The normalized spacial score (nSPS) is 12.5. The first-order valence-corrected chi connectivity index (χ1v) is 12.7. The summed E-state index contributed by atoms with van der Waals surface area (Å²) in [6.07, 6.45) is -2.99. The molecule has 0 saturated heterocycles. The molecule has 1 atom stereocenters. The molecule has 0 radical (unpaired) electrons. The van der Waals surface area contributed by atoms with E-state index in [1.807, 2.05) is 44.2 Å². The third-order valence-corrected chi connectivity index (χ3v) is 6.67. The minimum absolute atomic E-state index is 0.0640. The lowest BCUT2D eigenvalue weighted by Gasteiger charge is -2.30. The van der Waals surface area contributed by atoms with E-state index in [2.05, 4.69) is 6.92 Å². The van der Waals surface area contributed by atoms with E-state index in [1.165, 1.54) is 12.1 Å². The molecule has 0 aliphatic carbocycles. The topological polar surface area (TPSA) is 55.2 Å². The molecule has 1 aromatic heterocycles. The summed E-state index contributed by atoms with van der Waals surface area (Å²) in [6.45, 7) is 6.22. The van der Waals surface area contributed by atoms with Crippen molar-refractivity contribution >= 4 is 16.8 Å².